The van der Waals surface area contributed by atoms with E-state index in [2.05, 4.69) is 26.5 Å². The highest BCUT2D eigenvalue weighted by molar-refractivity contribution is 5.81. The average Bonchev–Trinajstić information content (AvgIpc) is 2.26. The molecule has 2 nitrogen and oxygen atoms in total. The van der Waals surface area contributed by atoms with Crippen molar-refractivity contribution in [2.45, 2.75) is 33.1 Å². The van der Waals surface area contributed by atoms with Gasteiger partial charge >= 0.3 is 5.97 Å². The van der Waals surface area contributed by atoms with Gasteiger partial charge in [-0.05, 0) is 38.0 Å². The molecular formula is C13H20O2. The van der Waals surface area contributed by atoms with Gasteiger partial charge in [-0.3, -0.25) is 0 Å². The lowest BCUT2D eigenvalue weighted by Crippen LogP contribution is -2.20. The summed E-state index contributed by atoms with van der Waals surface area (Å²) in [6, 6.07) is 0. The Morgan fingerprint density at radius 2 is 2.53 bits per heavy atom. The van der Waals surface area contributed by atoms with E-state index < -0.39 is 0 Å². The first-order valence-electron chi connectivity index (χ1n) is 5.58. The zero-order chi connectivity index (χ0) is 11.3. The molecule has 1 aliphatic rings. The van der Waals surface area contributed by atoms with Crippen molar-refractivity contribution in [3.8, 4) is 0 Å². The Bertz CT molecular complexity index is 266. The fourth-order valence-electron chi connectivity index (χ4n) is 1.91. The van der Waals surface area contributed by atoms with E-state index in [-0.39, 0.29) is 5.97 Å². The summed E-state index contributed by atoms with van der Waals surface area (Å²) in [6.45, 7) is 8.22. The Balaban J connectivity index is 2.31. The zero-order valence-corrected chi connectivity index (χ0v) is 9.66. The normalized spacial score (nSPS) is 22.8. The molecule has 84 valence electrons. The van der Waals surface area contributed by atoms with Crippen LogP contribution in [0.15, 0.2) is 24.3 Å². The molecule has 0 amide bonds. The van der Waals surface area contributed by atoms with Gasteiger partial charge in [0.15, 0.2) is 0 Å². The average molecular weight is 208 g/mol. The third-order valence-electron chi connectivity index (χ3n) is 3.14. The van der Waals surface area contributed by atoms with Crippen LogP contribution >= 0.6 is 0 Å². The number of hydrogen-bond acceptors (Lipinski definition) is 2. The lowest BCUT2D eigenvalue weighted by molar-refractivity contribution is -0.139. The standard InChI is InChI=1S/C13H20O2/c1-4-13(14)15-9-11(3)12-7-5-10(2)6-8-12/h4-5,11-12H,1,6-9H2,2-3H3/t11?,12-/m1/s1. The van der Waals surface area contributed by atoms with E-state index in [1.165, 1.54) is 24.5 Å². The fourth-order valence-corrected chi connectivity index (χ4v) is 1.91. The van der Waals surface area contributed by atoms with E-state index in [9.17, 15) is 4.79 Å². The lowest BCUT2D eigenvalue weighted by atomic mass is 9.82. The van der Waals surface area contributed by atoms with Crippen molar-refractivity contribution < 1.29 is 9.53 Å². The molecule has 0 radical (unpaired) electrons. The summed E-state index contributed by atoms with van der Waals surface area (Å²) < 4.78 is 5.06. The second-order valence-electron chi connectivity index (χ2n) is 4.40. The number of esters is 1. The van der Waals surface area contributed by atoms with Crippen molar-refractivity contribution in [1.82, 2.24) is 0 Å². The number of hydrogen-bond donors (Lipinski definition) is 0. The third kappa shape index (κ3) is 3.90. The van der Waals surface area contributed by atoms with Crippen LogP contribution in [0.5, 0.6) is 0 Å². The van der Waals surface area contributed by atoms with Gasteiger partial charge in [-0.15, -0.1) is 0 Å². The van der Waals surface area contributed by atoms with Crippen LogP contribution in [0.25, 0.3) is 0 Å². The van der Waals surface area contributed by atoms with Crippen molar-refractivity contribution in [1.29, 1.82) is 0 Å². The van der Waals surface area contributed by atoms with Crippen LogP contribution in [-0.2, 0) is 9.53 Å². The molecule has 0 aromatic rings. The SMILES string of the molecule is C=CC(=O)OCC(C)[C@@H]1CC=C(C)CC1. The van der Waals surface area contributed by atoms with Gasteiger partial charge in [0.2, 0.25) is 0 Å². The van der Waals surface area contributed by atoms with Gasteiger partial charge in [0.1, 0.15) is 0 Å². The van der Waals surface area contributed by atoms with Gasteiger partial charge in [-0.2, -0.15) is 0 Å². The molecule has 0 heterocycles. The number of carbonyl (C=O) groups excluding carboxylic acids is 1. The van der Waals surface area contributed by atoms with Gasteiger partial charge in [-0.25, -0.2) is 4.79 Å². The van der Waals surface area contributed by atoms with E-state index >= 15 is 0 Å². The Labute approximate surface area is 92.0 Å². The maximum Gasteiger partial charge on any atom is 0.330 e. The molecule has 0 fully saturated rings. The maximum absolute atomic E-state index is 10.9. The Morgan fingerprint density at radius 3 is 3.07 bits per heavy atom. The molecule has 0 aromatic carbocycles. The molecule has 0 bridgehead atoms. The molecule has 0 aromatic heterocycles. The van der Waals surface area contributed by atoms with Gasteiger partial charge in [0, 0.05) is 6.08 Å². The molecule has 15 heavy (non-hydrogen) atoms. The minimum Gasteiger partial charge on any atom is -0.462 e. The summed E-state index contributed by atoms with van der Waals surface area (Å²) in [5.41, 5.74) is 1.49. The molecule has 0 saturated heterocycles. The Morgan fingerprint density at radius 1 is 1.80 bits per heavy atom. The van der Waals surface area contributed by atoms with Gasteiger partial charge in [-0.1, -0.05) is 25.2 Å². The molecular weight excluding hydrogens is 188 g/mol. The molecule has 0 aliphatic heterocycles. The number of ether oxygens (including phenoxy) is 1. The van der Waals surface area contributed by atoms with Crippen molar-refractivity contribution in [3.05, 3.63) is 24.3 Å². The molecule has 0 spiro atoms. The third-order valence-corrected chi connectivity index (χ3v) is 3.14. The Kier molecular flexibility index (Phi) is 4.60. The van der Waals surface area contributed by atoms with Crippen molar-refractivity contribution >= 4 is 5.97 Å². The highest BCUT2D eigenvalue weighted by Gasteiger charge is 2.20. The van der Waals surface area contributed by atoms with Crippen molar-refractivity contribution in [3.63, 3.8) is 0 Å². The van der Waals surface area contributed by atoms with Crippen LogP contribution in [-0.4, -0.2) is 12.6 Å². The smallest absolute Gasteiger partial charge is 0.330 e. The number of carbonyl (C=O) groups is 1. The molecule has 2 heteroatoms. The van der Waals surface area contributed by atoms with Gasteiger partial charge in [0.05, 0.1) is 6.61 Å². The predicted octanol–water partition coefficient (Wildman–Crippen LogP) is 3.10. The predicted molar refractivity (Wildman–Crippen MR) is 61.4 cm³/mol. The van der Waals surface area contributed by atoms with E-state index in [4.69, 9.17) is 4.74 Å². The first kappa shape index (κ1) is 12.0. The monoisotopic (exact) mass is 208 g/mol. The van der Waals surface area contributed by atoms with Crippen LogP contribution < -0.4 is 0 Å². The summed E-state index contributed by atoms with van der Waals surface area (Å²) in [7, 11) is 0. The summed E-state index contributed by atoms with van der Waals surface area (Å²) in [4.78, 5) is 10.9. The molecule has 1 aliphatic carbocycles. The summed E-state index contributed by atoms with van der Waals surface area (Å²) in [5.74, 6) is 0.786. The fraction of sp³-hybridized carbons (Fsp3) is 0.615. The highest BCUT2D eigenvalue weighted by atomic mass is 16.5. The lowest BCUT2D eigenvalue weighted by Gasteiger charge is -2.26. The Hall–Kier alpha value is -1.05. The largest absolute Gasteiger partial charge is 0.462 e. The molecule has 2 atom stereocenters. The first-order chi connectivity index (χ1) is 7.13. The van der Waals surface area contributed by atoms with E-state index in [1.54, 1.807) is 0 Å². The highest BCUT2D eigenvalue weighted by Crippen LogP contribution is 2.29. The van der Waals surface area contributed by atoms with Crippen LogP contribution in [0.4, 0.5) is 0 Å². The van der Waals surface area contributed by atoms with Crippen LogP contribution in [0.2, 0.25) is 0 Å². The second-order valence-corrected chi connectivity index (χ2v) is 4.40. The van der Waals surface area contributed by atoms with E-state index in [0.717, 1.165) is 6.42 Å². The minimum atomic E-state index is -0.315. The minimum absolute atomic E-state index is 0.315. The molecule has 0 saturated carbocycles. The van der Waals surface area contributed by atoms with Gasteiger partial charge in [0.25, 0.3) is 0 Å². The van der Waals surface area contributed by atoms with Crippen LogP contribution in [0.3, 0.4) is 0 Å². The number of allylic oxidation sites excluding steroid dienone is 2. The first-order valence-corrected chi connectivity index (χ1v) is 5.58. The molecule has 1 rings (SSSR count). The zero-order valence-electron chi connectivity index (χ0n) is 9.66. The maximum atomic E-state index is 10.9. The van der Waals surface area contributed by atoms with E-state index in [0.29, 0.717) is 18.4 Å². The van der Waals surface area contributed by atoms with Crippen molar-refractivity contribution in [2.75, 3.05) is 6.61 Å². The second kappa shape index (κ2) is 5.74. The molecule has 0 N–H and O–H groups in total. The van der Waals surface area contributed by atoms with E-state index in [1.807, 2.05) is 0 Å². The number of rotatable bonds is 4. The van der Waals surface area contributed by atoms with Crippen LogP contribution in [0, 0.1) is 11.8 Å². The topological polar surface area (TPSA) is 26.3 Å². The summed E-state index contributed by atoms with van der Waals surface area (Å²) in [6.07, 6.45) is 7.05. The van der Waals surface area contributed by atoms with Crippen molar-refractivity contribution in [2.24, 2.45) is 11.8 Å². The molecule has 1 unspecified atom stereocenters. The quantitative estimate of drug-likeness (QED) is 0.403. The van der Waals surface area contributed by atoms with Gasteiger partial charge < -0.3 is 4.74 Å². The van der Waals surface area contributed by atoms with Crippen LogP contribution in [0.1, 0.15) is 33.1 Å². The summed E-state index contributed by atoms with van der Waals surface area (Å²) in [5, 5.41) is 0. The summed E-state index contributed by atoms with van der Waals surface area (Å²) >= 11 is 0.